The molecule has 0 radical (unpaired) electrons. The van der Waals surface area contributed by atoms with Gasteiger partial charge in [0, 0.05) is 64.8 Å². The molecular formula is C59H105F4N3O4. The fraction of sp³-hybridized carbons (Fsp3) is 0.763. The van der Waals surface area contributed by atoms with Crippen molar-refractivity contribution in [3.05, 3.63) is 66.1 Å². The van der Waals surface area contributed by atoms with Crippen LogP contribution in [0.1, 0.15) is 179 Å². The number of halogens is 4. The van der Waals surface area contributed by atoms with Crippen molar-refractivity contribution in [2.24, 2.45) is 53.3 Å². The van der Waals surface area contributed by atoms with Crippen LogP contribution in [0, 0.1) is 67.1 Å². The summed E-state index contributed by atoms with van der Waals surface area (Å²) >= 11 is 0. The number of carbonyl (C=O) groups excluding carboxylic acids is 1. The van der Waals surface area contributed by atoms with E-state index >= 15 is 0 Å². The molecule has 1 atom stereocenters. The van der Waals surface area contributed by atoms with E-state index in [0.717, 1.165) is 86.8 Å². The minimum atomic E-state index is -2.52. The van der Waals surface area contributed by atoms with Gasteiger partial charge >= 0.3 is 0 Å². The van der Waals surface area contributed by atoms with Crippen molar-refractivity contribution in [3.8, 4) is 11.5 Å². The highest BCUT2D eigenvalue weighted by molar-refractivity contribution is 5.72. The molecule has 1 heterocycles. The highest BCUT2D eigenvalue weighted by atomic mass is 19.3. The van der Waals surface area contributed by atoms with E-state index in [1.807, 2.05) is 65.2 Å². The maximum atomic E-state index is 12.2. The van der Waals surface area contributed by atoms with Gasteiger partial charge in [0.1, 0.15) is 17.6 Å². The summed E-state index contributed by atoms with van der Waals surface area (Å²) in [5.74, 6) is 3.22. The number of alkyl halides is 4. The molecule has 408 valence electrons. The van der Waals surface area contributed by atoms with Crippen LogP contribution in [0.2, 0.25) is 0 Å². The minimum Gasteiger partial charge on any atom is -0.493 e. The van der Waals surface area contributed by atoms with Crippen LogP contribution in [-0.2, 0) is 9.53 Å². The number of hydrogen-bond acceptors (Lipinski definition) is 6. The Morgan fingerprint density at radius 2 is 1.19 bits per heavy atom. The maximum Gasteiger partial charge on any atom is 0.276 e. The highest BCUT2D eigenvalue weighted by Crippen LogP contribution is 2.46. The molecule has 1 N–H and O–H groups in total. The molecule has 3 aliphatic carbocycles. The molecule has 1 aromatic carbocycles. The molecule has 5 rings (SSSR count). The van der Waals surface area contributed by atoms with Gasteiger partial charge in [0.2, 0.25) is 11.8 Å². The van der Waals surface area contributed by atoms with E-state index in [1.165, 1.54) is 24.1 Å². The number of para-hydroxylation sites is 1. The van der Waals surface area contributed by atoms with Gasteiger partial charge in [-0.1, -0.05) is 122 Å². The number of pyridine rings is 1. The number of benzene rings is 1. The van der Waals surface area contributed by atoms with Crippen LogP contribution in [0.15, 0.2) is 54.9 Å². The first-order valence-electron chi connectivity index (χ1n) is 26.6. The SMILES string of the molecule is C=C(CC(C)C)N(C)C.CC(=O)NCCC(C)C.CC(C)C1CC(F)(F)C1.CC(C)C1CC1.CC(C)CCOC1CC1(F)F.Cc1ccc(OCCC(C)C)cn1.Cc1ccccc1OCCC(C)C. The number of nitrogens with one attached hydrogen (secondary N) is 1. The van der Waals surface area contributed by atoms with Gasteiger partial charge in [-0.25, -0.2) is 17.6 Å². The minimum absolute atomic E-state index is 0.0654. The fourth-order valence-corrected chi connectivity index (χ4v) is 6.02. The Kier molecular flexibility index (Phi) is 36.7. The lowest BCUT2D eigenvalue weighted by molar-refractivity contribution is -0.122. The van der Waals surface area contributed by atoms with E-state index < -0.39 is 17.9 Å². The summed E-state index contributed by atoms with van der Waals surface area (Å²) in [7, 11) is 4.06. The highest BCUT2D eigenvalue weighted by Gasteiger charge is 2.58. The van der Waals surface area contributed by atoms with Crippen molar-refractivity contribution >= 4 is 5.91 Å². The van der Waals surface area contributed by atoms with Gasteiger partial charge in [0.05, 0.1) is 19.4 Å². The van der Waals surface area contributed by atoms with Gasteiger partial charge in [0.15, 0.2) is 0 Å². The number of hydrogen-bond donors (Lipinski definition) is 1. The van der Waals surface area contributed by atoms with Crippen molar-refractivity contribution in [2.75, 3.05) is 40.5 Å². The molecule has 0 spiro atoms. The molecule has 7 nitrogen and oxygen atoms in total. The fourth-order valence-electron chi connectivity index (χ4n) is 6.02. The van der Waals surface area contributed by atoms with Crippen LogP contribution in [0.3, 0.4) is 0 Å². The molecular weight excluding hydrogens is 891 g/mol. The van der Waals surface area contributed by atoms with E-state index in [1.54, 1.807) is 13.1 Å². The first-order chi connectivity index (χ1) is 32.4. The van der Waals surface area contributed by atoms with Crippen LogP contribution < -0.4 is 14.8 Å². The average molecular weight is 996 g/mol. The summed E-state index contributed by atoms with van der Waals surface area (Å²) in [5, 5.41) is 2.74. The normalized spacial score (nSPS) is 16.1. The molecule has 70 heavy (non-hydrogen) atoms. The molecule has 1 amide bonds. The molecule has 0 bridgehead atoms. The summed E-state index contributed by atoms with van der Waals surface area (Å²) in [5.41, 5.74) is 3.45. The van der Waals surface area contributed by atoms with Gasteiger partial charge in [-0.15, -0.1) is 0 Å². The van der Waals surface area contributed by atoms with Crippen molar-refractivity contribution in [1.82, 2.24) is 15.2 Å². The van der Waals surface area contributed by atoms with Crippen LogP contribution in [-0.4, -0.2) is 74.2 Å². The first kappa shape index (κ1) is 68.7. The third-order valence-electron chi connectivity index (χ3n) is 11.7. The smallest absolute Gasteiger partial charge is 0.276 e. The molecule has 0 aliphatic heterocycles. The Morgan fingerprint density at radius 1 is 0.700 bits per heavy atom. The molecule has 3 fully saturated rings. The molecule has 11 heteroatoms. The summed E-state index contributed by atoms with van der Waals surface area (Å²) in [6.45, 7) is 42.6. The monoisotopic (exact) mass is 996 g/mol. The number of aryl methyl sites for hydroxylation is 2. The molecule has 3 aliphatic rings. The van der Waals surface area contributed by atoms with E-state index in [9.17, 15) is 22.4 Å². The van der Waals surface area contributed by atoms with Crippen molar-refractivity contribution in [2.45, 2.75) is 200 Å². The number of allylic oxidation sites excluding steroid dienone is 1. The topological polar surface area (TPSA) is 72.9 Å². The molecule has 1 aromatic heterocycles. The Bertz CT molecular complexity index is 1600. The van der Waals surface area contributed by atoms with Crippen LogP contribution >= 0.6 is 0 Å². The number of aromatic nitrogens is 1. The van der Waals surface area contributed by atoms with Gasteiger partial charge in [-0.3, -0.25) is 9.78 Å². The molecule has 3 saturated carbocycles. The second-order valence-electron chi connectivity index (χ2n) is 22.5. The predicted octanol–water partition coefficient (Wildman–Crippen LogP) is 16.7. The second kappa shape index (κ2) is 37.4. The number of rotatable bonds is 20. The summed E-state index contributed by atoms with van der Waals surface area (Å²) in [4.78, 5) is 16.5. The third kappa shape index (κ3) is 41.3. The molecule has 2 aromatic rings. The lowest BCUT2D eigenvalue weighted by Crippen LogP contribution is -2.37. The maximum absolute atomic E-state index is 12.2. The van der Waals surface area contributed by atoms with Crippen molar-refractivity contribution < 1.29 is 36.6 Å². The number of amides is 1. The first-order valence-corrected chi connectivity index (χ1v) is 26.6. The summed E-state index contributed by atoms with van der Waals surface area (Å²) < 4.78 is 64.8. The number of carbonyl (C=O) groups is 1. The molecule has 1 unspecified atom stereocenters. The quantitative estimate of drug-likeness (QED) is 0.133. The van der Waals surface area contributed by atoms with Crippen LogP contribution in [0.25, 0.3) is 0 Å². The summed E-state index contributed by atoms with van der Waals surface area (Å²) in [6, 6.07) is 12.1. The average Bonchev–Trinajstić information content (AvgIpc) is 4.16. The second-order valence-corrected chi connectivity index (χ2v) is 22.5. The largest absolute Gasteiger partial charge is 0.493 e. The van der Waals surface area contributed by atoms with E-state index in [4.69, 9.17) is 14.2 Å². The Hall–Kier alpha value is -3.34. The standard InChI is InChI=1S/C12H18O.C11H17NO.C8H14F2O.C8H17N.C7H12F2.C7H15NO.C6H12/c1-10(2)8-9-13-12-7-5-4-6-11(12)3;1-9(2)6-7-13-11-5-4-10(3)12-8-11;1-6(2)3-4-11-7-5-8(7,9)10;1-7(2)6-8(3)9(4)5;1-5(2)6-3-7(8,9)4-6;1-6(2)4-5-8-7(3)9;1-5(2)6-3-4-6/h4-7,10H,8-9H2,1-3H3;4-5,8-9H,6-7H2,1-3H3;6-7H,3-5H2,1-2H3;7H,3,6H2,1-2,4-5H3;5-6H,3-4H2,1-2H3;6H,4-5H2,1-3H3,(H,8,9);5-6H,3-4H2,1-2H3. The third-order valence-corrected chi connectivity index (χ3v) is 11.7. The Morgan fingerprint density at radius 3 is 1.51 bits per heavy atom. The van der Waals surface area contributed by atoms with Crippen LogP contribution in [0.4, 0.5) is 17.6 Å². The van der Waals surface area contributed by atoms with Crippen molar-refractivity contribution in [1.29, 1.82) is 0 Å². The summed E-state index contributed by atoms with van der Waals surface area (Å²) in [6.07, 6.45) is 9.40. The lowest BCUT2D eigenvalue weighted by atomic mass is 9.74. The number of ether oxygens (including phenoxy) is 3. The van der Waals surface area contributed by atoms with Crippen molar-refractivity contribution in [3.63, 3.8) is 0 Å². The van der Waals surface area contributed by atoms with E-state index in [0.29, 0.717) is 36.2 Å². The van der Waals surface area contributed by atoms with Gasteiger partial charge in [-0.2, -0.15) is 0 Å². The van der Waals surface area contributed by atoms with Gasteiger partial charge in [0.25, 0.3) is 5.92 Å². The van der Waals surface area contributed by atoms with E-state index in [2.05, 4.69) is 118 Å². The predicted molar refractivity (Wildman–Crippen MR) is 289 cm³/mol. The van der Waals surface area contributed by atoms with Gasteiger partial charge in [-0.05, 0) is 136 Å². The van der Waals surface area contributed by atoms with E-state index in [-0.39, 0.29) is 31.1 Å². The molecule has 0 saturated heterocycles. The van der Waals surface area contributed by atoms with Gasteiger partial charge < -0.3 is 24.4 Å². The number of nitrogens with zero attached hydrogens (tertiary/aromatic N) is 2. The van der Waals surface area contributed by atoms with Crippen LogP contribution in [0.5, 0.6) is 11.5 Å². The zero-order valence-electron chi connectivity index (χ0n) is 48.0. The zero-order valence-corrected chi connectivity index (χ0v) is 48.0. The Labute approximate surface area is 427 Å². The zero-order chi connectivity index (χ0) is 54.2. The lowest BCUT2D eigenvalue weighted by Gasteiger charge is -2.37. The Balaban J connectivity index is 0.